The van der Waals surface area contributed by atoms with Gasteiger partial charge in [-0.3, -0.25) is 4.79 Å². The average molecular weight is 250 g/mol. The van der Waals surface area contributed by atoms with E-state index in [4.69, 9.17) is 4.74 Å². The fourth-order valence-electron chi connectivity index (χ4n) is 1.52. The molecule has 0 atom stereocenters. The van der Waals surface area contributed by atoms with Crippen molar-refractivity contribution in [1.82, 2.24) is 10.2 Å². The van der Waals surface area contributed by atoms with E-state index in [1.807, 2.05) is 30.3 Å². The van der Waals surface area contributed by atoms with Crippen molar-refractivity contribution < 1.29 is 14.3 Å². The molecule has 1 aromatic carbocycles. The monoisotopic (exact) mass is 250 g/mol. The summed E-state index contributed by atoms with van der Waals surface area (Å²) >= 11 is 0. The summed E-state index contributed by atoms with van der Waals surface area (Å²) in [5, 5.41) is 2.51. The van der Waals surface area contributed by atoms with E-state index in [1.165, 1.54) is 11.9 Å². The molecule has 0 fully saturated rings. The number of nitrogens with one attached hydrogen (secondary N) is 1. The predicted octanol–water partition coefficient (Wildman–Crippen LogP) is 1.39. The van der Waals surface area contributed by atoms with Crippen molar-refractivity contribution in [3.63, 3.8) is 0 Å². The van der Waals surface area contributed by atoms with Crippen LogP contribution in [0.2, 0.25) is 0 Å². The van der Waals surface area contributed by atoms with Crippen LogP contribution in [-0.4, -0.2) is 37.1 Å². The lowest BCUT2D eigenvalue weighted by Crippen LogP contribution is -2.41. The Morgan fingerprint density at radius 1 is 1.28 bits per heavy atom. The van der Waals surface area contributed by atoms with Crippen molar-refractivity contribution >= 4 is 12.0 Å². The Kier molecular flexibility index (Phi) is 5.70. The van der Waals surface area contributed by atoms with Crippen LogP contribution in [0.1, 0.15) is 12.5 Å². The summed E-state index contributed by atoms with van der Waals surface area (Å²) in [4.78, 5) is 24.5. The molecule has 0 heterocycles. The van der Waals surface area contributed by atoms with Gasteiger partial charge in [-0.15, -0.1) is 0 Å². The third-order valence-corrected chi connectivity index (χ3v) is 2.34. The van der Waals surface area contributed by atoms with Gasteiger partial charge < -0.3 is 15.0 Å². The van der Waals surface area contributed by atoms with Gasteiger partial charge in [0.25, 0.3) is 0 Å². The molecule has 0 unspecified atom stereocenters. The molecule has 1 rings (SSSR count). The van der Waals surface area contributed by atoms with Gasteiger partial charge in [-0.2, -0.15) is 0 Å². The van der Waals surface area contributed by atoms with Crippen LogP contribution in [0.4, 0.5) is 4.79 Å². The Morgan fingerprint density at radius 2 is 1.94 bits per heavy atom. The summed E-state index contributed by atoms with van der Waals surface area (Å²) < 4.78 is 4.84. The normalized spacial score (nSPS) is 9.67. The van der Waals surface area contributed by atoms with E-state index in [0.717, 1.165) is 5.56 Å². The number of carbonyl (C=O) groups is 2. The minimum atomic E-state index is -0.406. The molecule has 18 heavy (non-hydrogen) atoms. The smallest absolute Gasteiger partial charge is 0.325 e. The molecule has 0 aromatic heterocycles. The molecule has 5 heteroatoms. The first-order valence-electron chi connectivity index (χ1n) is 5.83. The highest BCUT2D eigenvalue weighted by atomic mass is 16.5. The summed E-state index contributed by atoms with van der Waals surface area (Å²) in [5.74, 6) is -0.406. The molecule has 0 spiro atoms. The predicted molar refractivity (Wildman–Crippen MR) is 67.9 cm³/mol. The van der Waals surface area contributed by atoms with Crippen molar-refractivity contribution in [3.8, 4) is 0 Å². The van der Waals surface area contributed by atoms with Crippen molar-refractivity contribution in [2.45, 2.75) is 13.5 Å². The number of esters is 1. The molecule has 0 saturated carbocycles. The zero-order chi connectivity index (χ0) is 13.4. The lowest BCUT2D eigenvalue weighted by molar-refractivity contribution is -0.143. The van der Waals surface area contributed by atoms with E-state index in [1.54, 1.807) is 6.92 Å². The molecule has 0 aliphatic heterocycles. The van der Waals surface area contributed by atoms with Crippen molar-refractivity contribution in [2.75, 3.05) is 20.2 Å². The van der Waals surface area contributed by atoms with Crippen molar-refractivity contribution in [3.05, 3.63) is 35.9 Å². The van der Waals surface area contributed by atoms with Crippen LogP contribution in [-0.2, 0) is 16.1 Å². The molecular formula is C13H18N2O3. The van der Waals surface area contributed by atoms with Crippen LogP contribution in [0.25, 0.3) is 0 Å². The van der Waals surface area contributed by atoms with Gasteiger partial charge in [0.1, 0.15) is 6.54 Å². The lowest BCUT2D eigenvalue weighted by Gasteiger charge is -2.21. The van der Waals surface area contributed by atoms with Crippen LogP contribution >= 0.6 is 0 Å². The molecule has 1 aromatic rings. The quantitative estimate of drug-likeness (QED) is 0.803. The Hall–Kier alpha value is -2.04. The van der Waals surface area contributed by atoms with E-state index < -0.39 is 5.97 Å². The zero-order valence-electron chi connectivity index (χ0n) is 10.7. The molecule has 1 N–H and O–H groups in total. The van der Waals surface area contributed by atoms with E-state index in [0.29, 0.717) is 13.2 Å². The Bertz CT molecular complexity index is 392. The molecule has 2 amide bonds. The number of nitrogens with zero attached hydrogens (tertiary/aromatic N) is 1. The van der Waals surface area contributed by atoms with E-state index in [9.17, 15) is 9.59 Å². The number of hydrogen-bond acceptors (Lipinski definition) is 3. The maximum absolute atomic E-state index is 11.7. The minimum absolute atomic E-state index is 0.0532. The molecule has 0 aliphatic rings. The van der Waals surface area contributed by atoms with Gasteiger partial charge in [0.05, 0.1) is 6.61 Å². The first-order valence-corrected chi connectivity index (χ1v) is 5.83. The topological polar surface area (TPSA) is 58.6 Å². The Labute approximate surface area is 107 Å². The highest BCUT2D eigenvalue weighted by molar-refractivity contribution is 5.80. The fourth-order valence-corrected chi connectivity index (χ4v) is 1.52. The van der Waals surface area contributed by atoms with Crippen LogP contribution in [0.3, 0.4) is 0 Å². The van der Waals surface area contributed by atoms with Crippen LogP contribution in [0, 0.1) is 0 Å². The second-order valence-corrected chi connectivity index (χ2v) is 3.70. The molecule has 0 aliphatic carbocycles. The summed E-state index contributed by atoms with van der Waals surface area (Å²) in [6.45, 7) is 2.37. The van der Waals surface area contributed by atoms with Crippen molar-refractivity contribution in [2.24, 2.45) is 0 Å². The van der Waals surface area contributed by atoms with E-state index in [-0.39, 0.29) is 12.6 Å². The Balaban J connectivity index is 2.67. The highest BCUT2D eigenvalue weighted by Gasteiger charge is 2.16. The van der Waals surface area contributed by atoms with Crippen LogP contribution in [0.15, 0.2) is 30.3 Å². The highest BCUT2D eigenvalue weighted by Crippen LogP contribution is 2.04. The lowest BCUT2D eigenvalue weighted by atomic mass is 10.2. The van der Waals surface area contributed by atoms with Gasteiger partial charge in [0.15, 0.2) is 0 Å². The van der Waals surface area contributed by atoms with Gasteiger partial charge in [-0.25, -0.2) is 4.79 Å². The number of ether oxygens (including phenoxy) is 1. The molecule has 0 saturated heterocycles. The number of urea groups is 1. The maximum atomic E-state index is 11.7. The number of benzene rings is 1. The molecule has 0 bridgehead atoms. The number of rotatable bonds is 5. The van der Waals surface area contributed by atoms with Gasteiger partial charge in [-0.05, 0) is 12.5 Å². The fraction of sp³-hybridized carbons (Fsp3) is 0.385. The molecule has 98 valence electrons. The van der Waals surface area contributed by atoms with E-state index in [2.05, 4.69) is 5.32 Å². The third-order valence-electron chi connectivity index (χ3n) is 2.34. The number of carbonyl (C=O) groups excluding carboxylic acids is 2. The Morgan fingerprint density at radius 3 is 2.50 bits per heavy atom. The van der Waals surface area contributed by atoms with Crippen molar-refractivity contribution in [1.29, 1.82) is 0 Å². The van der Waals surface area contributed by atoms with Gasteiger partial charge in [0.2, 0.25) is 0 Å². The van der Waals surface area contributed by atoms with Crippen LogP contribution in [0.5, 0.6) is 0 Å². The first-order chi connectivity index (χ1) is 8.67. The zero-order valence-corrected chi connectivity index (χ0v) is 10.7. The summed E-state index contributed by atoms with van der Waals surface area (Å²) in [6.07, 6.45) is 0. The minimum Gasteiger partial charge on any atom is -0.465 e. The summed E-state index contributed by atoms with van der Waals surface area (Å²) in [7, 11) is 1.53. The van der Waals surface area contributed by atoms with Gasteiger partial charge in [0, 0.05) is 13.6 Å². The maximum Gasteiger partial charge on any atom is 0.325 e. The average Bonchev–Trinajstić information content (AvgIpc) is 2.38. The van der Waals surface area contributed by atoms with Gasteiger partial charge in [-0.1, -0.05) is 30.3 Å². The first kappa shape index (κ1) is 14.0. The largest absolute Gasteiger partial charge is 0.465 e. The second-order valence-electron chi connectivity index (χ2n) is 3.70. The SMILES string of the molecule is CCOC(=O)CN(Cc1ccccc1)C(=O)NC. The van der Waals surface area contributed by atoms with E-state index >= 15 is 0 Å². The molecular weight excluding hydrogens is 232 g/mol. The summed E-state index contributed by atoms with van der Waals surface area (Å²) in [5.41, 5.74) is 0.963. The summed E-state index contributed by atoms with van der Waals surface area (Å²) in [6, 6.07) is 9.19. The second kappa shape index (κ2) is 7.32. The van der Waals surface area contributed by atoms with Gasteiger partial charge >= 0.3 is 12.0 Å². The number of amides is 2. The molecule has 5 nitrogen and oxygen atoms in total. The molecule has 0 radical (unpaired) electrons. The van der Waals surface area contributed by atoms with Crippen LogP contribution < -0.4 is 5.32 Å². The standard InChI is InChI=1S/C13H18N2O3/c1-3-18-12(16)10-15(13(17)14-2)9-11-7-5-4-6-8-11/h4-8H,3,9-10H2,1-2H3,(H,14,17). The third kappa shape index (κ3) is 4.45. The number of hydrogen-bond donors (Lipinski definition) is 1.